The lowest BCUT2D eigenvalue weighted by Crippen LogP contribution is -2.38. The topological polar surface area (TPSA) is 73.6 Å². The van der Waals surface area contributed by atoms with Crippen molar-refractivity contribution in [3.05, 3.63) is 29.8 Å². The Balaban J connectivity index is 2.38. The maximum atomic E-state index is 11.6. The molecule has 0 fully saturated rings. The predicted octanol–water partition coefficient (Wildman–Crippen LogP) is 1.05. The fourth-order valence-corrected chi connectivity index (χ4v) is 1.83. The Morgan fingerprint density at radius 1 is 1.40 bits per heavy atom. The van der Waals surface area contributed by atoms with Gasteiger partial charge in [0.25, 0.3) is 5.91 Å². The van der Waals surface area contributed by atoms with Crippen LogP contribution in [-0.2, 0) is 16.0 Å². The standard InChI is InChI=1S/C14H20N2O3S/c1-10(8-18-2)16-14(17)9-19-12-5-3-11(4-6-12)7-13(15)20/h3-6,10H,7-9H2,1-2H3,(H2,15,20)(H,16,17). The van der Waals surface area contributed by atoms with Crippen molar-refractivity contribution in [1.29, 1.82) is 0 Å². The Kier molecular flexibility index (Phi) is 6.97. The van der Waals surface area contributed by atoms with Gasteiger partial charge in [-0.3, -0.25) is 4.79 Å². The highest BCUT2D eigenvalue weighted by Gasteiger charge is 2.07. The van der Waals surface area contributed by atoms with E-state index in [0.717, 1.165) is 5.56 Å². The molecule has 0 heterocycles. The molecule has 20 heavy (non-hydrogen) atoms. The average molecular weight is 296 g/mol. The molecule has 1 aromatic carbocycles. The molecule has 0 bridgehead atoms. The number of amides is 1. The van der Waals surface area contributed by atoms with Crippen molar-refractivity contribution in [2.45, 2.75) is 19.4 Å². The molecule has 110 valence electrons. The van der Waals surface area contributed by atoms with Crippen LogP contribution in [0.15, 0.2) is 24.3 Å². The van der Waals surface area contributed by atoms with E-state index >= 15 is 0 Å². The summed E-state index contributed by atoms with van der Waals surface area (Å²) < 4.78 is 10.3. The van der Waals surface area contributed by atoms with Gasteiger partial charge in [-0.05, 0) is 24.6 Å². The summed E-state index contributed by atoms with van der Waals surface area (Å²) in [5.74, 6) is 0.452. The number of carbonyl (C=O) groups excluding carboxylic acids is 1. The van der Waals surface area contributed by atoms with Crippen LogP contribution in [0.1, 0.15) is 12.5 Å². The van der Waals surface area contributed by atoms with Crippen LogP contribution in [0.25, 0.3) is 0 Å². The number of carbonyl (C=O) groups is 1. The molecule has 6 heteroatoms. The Morgan fingerprint density at radius 2 is 2.05 bits per heavy atom. The maximum Gasteiger partial charge on any atom is 0.258 e. The van der Waals surface area contributed by atoms with Crippen LogP contribution >= 0.6 is 12.2 Å². The lowest BCUT2D eigenvalue weighted by atomic mass is 10.1. The van der Waals surface area contributed by atoms with Crippen molar-refractivity contribution in [2.24, 2.45) is 5.73 Å². The van der Waals surface area contributed by atoms with Gasteiger partial charge in [0.05, 0.1) is 11.6 Å². The van der Waals surface area contributed by atoms with E-state index in [0.29, 0.717) is 23.8 Å². The van der Waals surface area contributed by atoms with Gasteiger partial charge < -0.3 is 20.5 Å². The van der Waals surface area contributed by atoms with Gasteiger partial charge in [0.2, 0.25) is 0 Å². The van der Waals surface area contributed by atoms with Crippen molar-refractivity contribution in [1.82, 2.24) is 5.32 Å². The minimum atomic E-state index is -0.179. The van der Waals surface area contributed by atoms with Gasteiger partial charge in [-0.25, -0.2) is 0 Å². The minimum absolute atomic E-state index is 0.0251. The quantitative estimate of drug-likeness (QED) is 0.701. The van der Waals surface area contributed by atoms with E-state index in [1.54, 1.807) is 19.2 Å². The van der Waals surface area contributed by atoms with E-state index in [9.17, 15) is 4.79 Å². The van der Waals surface area contributed by atoms with Crippen molar-refractivity contribution in [2.75, 3.05) is 20.3 Å². The SMILES string of the molecule is COCC(C)NC(=O)COc1ccc(CC(N)=S)cc1. The zero-order valence-corrected chi connectivity index (χ0v) is 12.5. The number of rotatable bonds is 8. The summed E-state index contributed by atoms with van der Waals surface area (Å²) in [6.07, 6.45) is 0.560. The fourth-order valence-electron chi connectivity index (χ4n) is 1.66. The lowest BCUT2D eigenvalue weighted by molar-refractivity contribution is -0.124. The second-order valence-corrected chi connectivity index (χ2v) is 5.02. The summed E-state index contributed by atoms with van der Waals surface area (Å²) in [4.78, 5) is 12.0. The Bertz CT molecular complexity index is 448. The second kappa shape index (κ2) is 8.50. The summed E-state index contributed by atoms with van der Waals surface area (Å²) in [7, 11) is 1.59. The first-order chi connectivity index (χ1) is 9.51. The van der Waals surface area contributed by atoms with Crippen LogP contribution in [0.2, 0.25) is 0 Å². The highest BCUT2D eigenvalue weighted by molar-refractivity contribution is 7.80. The van der Waals surface area contributed by atoms with Crippen LogP contribution in [0.5, 0.6) is 5.75 Å². The third-order valence-corrected chi connectivity index (χ3v) is 2.64. The van der Waals surface area contributed by atoms with Crippen LogP contribution in [-0.4, -0.2) is 37.3 Å². The van der Waals surface area contributed by atoms with Crippen molar-refractivity contribution < 1.29 is 14.3 Å². The summed E-state index contributed by atoms with van der Waals surface area (Å²) >= 11 is 4.84. The molecule has 3 N–H and O–H groups in total. The predicted molar refractivity (Wildman–Crippen MR) is 81.9 cm³/mol. The normalized spacial score (nSPS) is 11.7. The number of nitrogens with two attached hydrogens (primary N) is 1. The van der Waals surface area contributed by atoms with Crippen LogP contribution in [0, 0.1) is 0 Å². The molecule has 1 amide bonds. The first-order valence-corrected chi connectivity index (χ1v) is 6.70. The molecular formula is C14H20N2O3S. The van der Waals surface area contributed by atoms with E-state index in [4.69, 9.17) is 27.4 Å². The van der Waals surface area contributed by atoms with Gasteiger partial charge in [-0.1, -0.05) is 24.4 Å². The lowest BCUT2D eigenvalue weighted by Gasteiger charge is -2.13. The number of methoxy groups -OCH3 is 1. The Labute approximate surface area is 124 Å². The molecule has 1 rings (SSSR count). The van der Waals surface area contributed by atoms with E-state index in [1.165, 1.54) is 0 Å². The molecule has 0 aliphatic carbocycles. The number of thiocarbonyl (C=S) groups is 1. The molecular weight excluding hydrogens is 276 g/mol. The first-order valence-electron chi connectivity index (χ1n) is 6.29. The third kappa shape index (κ3) is 6.49. The molecule has 0 saturated carbocycles. The number of hydrogen-bond acceptors (Lipinski definition) is 4. The highest BCUT2D eigenvalue weighted by Crippen LogP contribution is 2.12. The number of nitrogens with one attached hydrogen (secondary N) is 1. The molecule has 1 aromatic rings. The fraction of sp³-hybridized carbons (Fsp3) is 0.429. The van der Waals surface area contributed by atoms with Crippen molar-refractivity contribution in [3.8, 4) is 5.75 Å². The van der Waals surface area contributed by atoms with Gasteiger partial charge in [-0.2, -0.15) is 0 Å². The van der Waals surface area contributed by atoms with E-state index < -0.39 is 0 Å². The molecule has 0 aliphatic heterocycles. The van der Waals surface area contributed by atoms with Gasteiger partial charge in [-0.15, -0.1) is 0 Å². The summed E-state index contributed by atoms with van der Waals surface area (Å²) in [6, 6.07) is 7.29. The molecule has 1 unspecified atom stereocenters. The number of ether oxygens (including phenoxy) is 2. The van der Waals surface area contributed by atoms with Gasteiger partial charge in [0, 0.05) is 19.6 Å². The summed E-state index contributed by atoms with van der Waals surface area (Å²) in [6.45, 7) is 2.31. The number of benzene rings is 1. The molecule has 0 aliphatic rings. The molecule has 0 saturated heterocycles. The second-order valence-electron chi connectivity index (χ2n) is 4.50. The molecule has 0 aromatic heterocycles. The Hall–Kier alpha value is -1.66. The van der Waals surface area contributed by atoms with E-state index in [2.05, 4.69) is 5.32 Å². The average Bonchev–Trinajstić information content (AvgIpc) is 2.37. The van der Waals surface area contributed by atoms with Crippen LogP contribution in [0.3, 0.4) is 0 Å². The van der Waals surface area contributed by atoms with Gasteiger partial charge in [0.15, 0.2) is 6.61 Å². The zero-order valence-electron chi connectivity index (χ0n) is 11.7. The number of hydrogen-bond donors (Lipinski definition) is 2. The minimum Gasteiger partial charge on any atom is -0.484 e. The monoisotopic (exact) mass is 296 g/mol. The molecule has 5 nitrogen and oxygen atoms in total. The van der Waals surface area contributed by atoms with E-state index in [-0.39, 0.29) is 18.6 Å². The largest absolute Gasteiger partial charge is 0.484 e. The van der Waals surface area contributed by atoms with Crippen LogP contribution in [0.4, 0.5) is 0 Å². The molecule has 1 atom stereocenters. The zero-order chi connectivity index (χ0) is 15.0. The summed E-state index contributed by atoms with van der Waals surface area (Å²) in [5.41, 5.74) is 6.49. The van der Waals surface area contributed by atoms with E-state index in [1.807, 2.05) is 19.1 Å². The summed E-state index contributed by atoms with van der Waals surface area (Å²) in [5, 5.41) is 2.77. The molecule has 0 radical (unpaired) electrons. The van der Waals surface area contributed by atoms with Gasteiger partial charge >= 0.3 is 0 Å². The Morgan fingerprint density at radius 3 is 2.60 bits per heavy atom. The van der Waals surface area contributed by atoms with Crippen molar-refractivity contribution >= 4 is 23.1 Å². The van der Waals surface area contributed by atoms with Crippen LogP contribution < -0.4 is 15.8 Å². The smallest absolute Gasteiger partial charge is 0.258 e. The first kappa shape index (κ1) is 16.4. The highest BCUT2D eigenvalue weighted by atomic mass is 32.1. The molecule has 0 spiro atoms. The third-order valence-electron chi connectivity index (χ3n) is 2.50. The van der Waals surface area contributed by atoms with Gasteiger partial charge in [0.1, 0.15) is 5.75 Å². The van der Waals surface area contributed by atoms with Crippen molar-refractivity contribution in [3.63, 3.8) is 0 Å². The maximum absolute atomic E-state index is 11.6.